The second kappa shape index (κ2) is 4.27. The Morgan fingerprint density at radius 1 is 1.30 bits per heavy atom. The molecule has 0 nitrogen and oxygen atoms in total. The van der Waals surface area contributed by atoms with Crippen molar-refractivity contribution in [2.24, 2.45) is 11.3 Å². The molecule has 0 saturated carbocycles. The fourth-order valence-electron chi connectivity index (χ4n) is 1.55. The summed E-state index contributed by atoms with van der Waals surface area (Å²) < 4.78 is 0. The molecule has 62 valence electrons. The SMILES string of the molecule is CSCC(C)(C)CC(C)C. The lowest BCUT2D eigenvalue weighted by Gasteiger charge is -2.25. The van der Waals surface area contributed by atoms with Crippen molar-refractivity contribution in [1.29, 1.82) is 0 Å². The van der Waals surface area contributed by atoms with Gasteiger partial charge < -0.3 is 0 Å². The molecule has 0 spiro atoms. The summed E-state index contributed by atoms with van der Waals surface area (Å²) in [5, 5.41) is 0. The average Bonchev–Trinajstić information content (AvgIpc) is 1.59. The van der Waals surface area contributed by atoms with Crippen LogP contribution in [-0.2, 0) is 0 Å². The van der Waals surface area contributed by atoms with Gasteiger partial charge in [-0.15, -0.1) is 0 Å². The molecule has 0 aromatic carbocycles. The third kappa shape index (κ3) is 5.16. The Morgan fingerprint density at radius 2 is 1.80 bits per heavy atom. The first-order valence-corrected chi connectivity index (χ1v) is 5.36. The van der Waals surface area contributed by atoms with E-state index < -0.39 is 0 Å². The molecule has 0 saturated heterocycles. The maximum Gasteiger partial charge on any atom is -0.00188 e. The minimum absolute atomic E-state index is 0.535. The van der Waals surface area contributed by atoms with Crippen LogP contribution in [0.25, 0.3) is 0 Å². The van der Waals surface area contributed by atoms with Crippen LogP contribution in [0.3, 0.4) is 0 Å². The van der Waals surface area contributed by atoms with Crippen LogP contribution in [0.4, 0.5) is 0 Å². The van der Waals surface area contributed by atoms with Gasteiger partial charge in [0, 0.05) is 0 Å². The molecular formula is C9H20S. The van der Waals surface area contributed by atoms with E-state index in [1.165, 1.54) is 12.2 Å². The van der Waals surface area contributed by atoms with E-state index in [-0.39, 0.29) is 0 Å². The predicted octanol–water partition coefficient (Wildman–Crippen LogP) is 3.42. The van der Waals surface area contributed by atoms with Crippen LogP contribution in [-0.4, -0.2) is 12.0 Å². The lowest BCUT2D eigenvalue weighted by atomic mass is 9.86. The first kappa shape index (κ1) is 10.3. The average molecular weight is 160 g/mol. The molecule has 0 unspecified atom stereocenters. The zero-order chi connectivity index (χ0) is 8.20. The van der Waals surface area contributed by atoms with Gasteiger partial charge in [-0.2, -0.15) is 11.8 Å². The van der Waals surface area contributed by atoms with E-state index in [4.69, 9.17) is 0 Å². The Kier molecular flexibility index (Phi) is 4.42. The maximum absolute atomic E-state index is 2.35. The fourth-order valence-corrected chi connectivity index (χ4v) is 2.45. The molecule has 0 rings (SSSR count). The van der Waals surface area contributed by atoms with Crippen molar-refractivity contribution < 1.29 is 0 Å². The quantitative estimate of drug-likeness (QED) is 0.607. The predicted molar refractivity (Wildman–Crippen MR) is 51.6 cm³/mol. The van der Waals surface area contributed by atoms with Crippen molar-refractivity contribution >= 4 is 11.8 Å². The van der Waals surface area contributed by atoms with E-state index in [1.807, 2.05) is 11.8 Å². The Labute approximate surface area is 69.8 Å². The molecule has 1 heteroatoms. The van der Waals surface area contributed by atoms with Gasteiger partial charge in [0.1, 0.15) is 0 Å². The molecule has 0 aromatic heterocycles. The van der Waals surface area contributed by atoms with Gasteiger partial charge in [0.2, 0.25) is 0 Å². The number of rotatable bonds is 4. The lowest BCUT2D eigenvalue weighted by molar-refractivity contribution is 0.328. The highest BCUT2D eigenvalue weighted by atomic mass is 32.2. The Hall–Kier alpha value is 0.350. The summed E-state index contributed by atoms with van der Waals surface area (Å²) in [7, 11) is 0. The van der Waals surface area contributed by atoms with Gasteiger partial charge in [-0.05, 0) is 29.8 Å². The van der Waals surface area contributed by atoms with Crippen LogP contribution in [0.1, 0.15) is 34.1 Å². The van der Waals surface area contributed by atoms with Crippen LogP contribution >= 0.6 is 11.8 Å². The summed E-state index contributed by atoms with van der Waals surface area (Å²) in [4.78, 5) is 0. The van der Waals surface area contributed by atoms with E-state index in [9.17, 15) is 0 Å². The molecule has 0 aliphatic carbocycles. The molecular weight excluding hydrogens is 140 g/mol. The second-order valence-electron chi connectivity index (χ2n) is 4.20. The molecule has 0 atom stereocenters. The van der Waals surface area contributed by atoms with Gasteiger partial charge in [-0.3, -0.25) is 0 Å². The largest absolute Gasteiger partial charge is 0.165 e. The van der Waals surface area contributed by atoms with Crippen molar-refractivity contribution in [1.82, 2.24) is 0 Å². The number of hydrogen-bond acceptors (Lipinski definition) is 1. The number of thioether (sulfide) groups is 1. The summed E-state index contributed by atoms with van der Waals surface area (Å²) in [5.41, 5.74) is 0.535. The molecule has 0 aliphatic heterocycles. The Bertz CT molecular complexity index is 84.7. The van der Waals surface area contributed by atoms with Crippen LogP contribution in [0, 0.1) is 11.3 Å². The minimum Gasteiger partial charge on any atom is -0.165 e. The van der Waals surface area contributed by atoms with E-state index in [1.54, 1.807) is 0 Å². The highest BCUT2D eigenvalue weighted by Crippen LogP contribution is 2.28. The summed E-state index contributed by atoms with van der Waals surface area (Å²) in [6, 6.07) is 0. The standard InChI is InChI=1S/C9H20S/c1-8(2)6-9(3,4)7-10-5/h8H,6-7H2,1-5H3. The molecule has 0 aromatic rings. The van der Waals surface area contributed by atoms with Gasteiger partial charge in [0.15, 0.2) is 0 Å². The fraction of sp³-hybridized carbons (Fsp3) is 1.00. The smallest absolute Gasteiger partial charge is 0.00188 e. The summed E-state index contributed by atoms with van der Waals surface area (Å²) in [6.45, 7) is 9.29. The van der Waals surface area contributed by atoms with E-state index in [0.29, 0.717) is 5.41 Å². The lowest BCUT2D eigenvalue weighted by Crippen LogP contribution is -2.17. The van der Waals surface area contributed by atoms with Crippen molar-refractivity contribution in [3.8, 4) is 0 Å². The van der Waals surface area contributed by atoms with Crippen LogP contribution in [0.2, 0.25) is 0 Å². The summed E-state index contributed by atoms with van der Waals surface area (Å²) in [6.07, 6.45) is 3.52. The van der Waals surface area contributed by atoms with Gasteiger partial charge in [0.25, 0.3) is 0 Å². The zero-order valence-electron chi connectivity index (χ0n) is 7.90. The van der Waals surface area contributed by atoms with Crippen LogP contribution in [0.15, 0.2) is 0 Å². The van der Waals surface area contributed by atoms with E-state index in [0.717, 1.165) is 5.92 Å². The monoisotopic (exact) mass is 160 g/mol. The van der Waals surface area contributed by atoms with Crippen molar-refractivity contribution in [2.75, 3.05) is 12.0 Å². The van der Waals surface area contributed by atoms with Gasteiger partial charge >= 0.3 is 0 Å². The van der Waals surface area contributed by atoms with Gasteiger partial charge in [-0.1, -0.05) is 27.7 Å². The van der Waals surface area contributed by atoms with Crippen molar-refractivity contribution in [3.63, 3.8) is 0 Å². The van der Waals surface area contributed by atoms with Gasteiger partial charge in [-0.25, -0.2) is 0 Å². The van der Waals surface area contributed by atoms with Crippen LogP contribution in [0.5, 0.6) is 0 Å². The maximum atomic E-state index is 2.35. The first-order chi connectivity index (χ1) is 4.48. The highest BCUT2D eigenvalue weighted by Gasteiger charge is 2.17. The molecule has 0 radical (unpaired) electrons. The molecule has 0 fully saturated rings. The second-order valence-corrected chi connectivity index (χ2v) is 5.06. The third-order valence-electron chi connectivity index (χ3n) is 1.50. The van der Waals surface area contributed by atoms with Crippen molar-refractivity contribution in [3.05, 3.63) is 0 Å². The molecule has 0 bridgehead atoms. The minimum atomic E-state index is 0.535. The van der Waals surface area contributed by atoms with Crippen LogP contribution < -0.4 is 0 Å². The van der Waals surface area contributed by atoms with Gasteiger partial charge in [0.05, 0.1) is 0 Å². The van der Waals surface area contributed by atoms with E-state index >= 15 is 0 Å². The summed E-state index contributed by atoms with van der Waals surface area (Å²) >= 11 is 1.95. The van der Waals surface area contributed by atoms with Crippen molar-refractivity contribution in [2.45, 2.75) is 34.1 Å². The molecule has 0 aliphatic rings. The first-order valence-electron chi connectivity index (χ1n) is 3.97. The third-order valence-corrected chi connectivity index (χ3v) is 2.57. The molecule has 0 heterocycles. The molecule has 10 heavy (non-hydrogen) atoms. The highest BCUT2D eigenvalue weighted by molar-refractivity contribution is 7.98. The van der Waals surface area contributed by atoms with E-state index in [2.05, 4.69) is 34.0 Å². The topological polar surface area (TPSA) is 0 Å². The normalized spacial score (nSPS) is 12.6. The molecule has 0 N–H and O–H groups in total. The number of hydrogen-bond donors (Lipinski definition) is 0. The summed E-state index contributed by atoms with van der Waals surface area (Å²) in [5.74, 6) is 2.12. The Balaban J connectivity index is 3.63. The zero-order valence-corrected chi connectivity index (χ0v) is 8.72. The molecule has 0 amide bonds. The Morgan fingerprint density at radius 3 is 2.10 bits per heavy atom.